The van der Waals surface area contributed by atoms with E-state index in [0.717, 1.165) is 28.8 Å². The van der Waals surface area contributed by atoms with E-state index in [1.807, 2.05) is 22.0 Å². The van der Waals surface area contributed by atoms with Gasteiger partial charge in [-0.2, -0.15) is 0 Å². The SMILES string of the molecule is Cn1c(C(C)(C)C)nc2cc(Cl)c(NC(=O)SN3CC[N+](C)([O-])CC3)cc21. The Bertz CT molecular complexity index is 865. The van der Waals surface area contributed by atoms with E-state index in [0.29, 0.717) is 36.9 Å². The van der Waals surface area contributed by atoms with Gasteiger partial charge in [-0.3, -0.25) is 4.79 Å². The highest BCUT2D eigenvalue weighted by molar-refractivity contribution is 8.11. The quantitative estimate of drug-likeness (QED) is 0.460. The van der Waals surface area contributed by atoms with E-state index >= 15 is 0 Å². The van der Waals surface area contributed by atoms with Gasteiger partial charge >= 0.3 is 0 Å². The van der Waals surface area contributed by atoms with Crippen molar-refractivity contribution in [3.05, 3.63) is 28.2 Å². The van der Waals surface area contributed by atoms with Crippen LogP contribution in [0.4, 0.5) is 10.5 Å². The van der Waals surface area contributed by atoms with Crippen molar-refractivity contribution >= 4 is 45.5 Å². The summed E-state index contributed by atoms with van der Waals surface area (Å²) in [5, 5.41) is 15.0. The highest BCUT2D eigenvalue weighted by atomic mass is 35.5. The fourth-order valence-electron chi connectivity index (χ4n) is 3.19. The second kappa shape index (κ2) is 7.25. The van der Waals surface area contributed by atoms with Crippen LogP contribution in [0.2, 0.25) is 5.02 Å². The number of fused-ring (bicyclic) bond motifs is 1. The number of amides is 1. The Morgan fingerprint density at radius 3 is 2.56 bits per heavy atom. The molecule has 0 unspecified atom stereocenters. The molecule has 3 rings (SSSR count). The average Bonchev–Trinajstić information content (AvgIpc) is 2.86. The molecule has 0 bridgehead atoms. The Balaban J connectivity index is 1.76. The number of quaternary nitrogens is 1. The van der Waals surface area contributed by atoms with Crippen LogP contribution in [0, 0.1) is 5.21 Å². The number of nitrogens with zero attached hydrogens (tertiary/aromatic N) is 4. The molecule has 148 valence electrons. The molecule has 27 heavy (non-hydrogen) atoms. The predicted molar refractivity (Wildman–Crippen MR) is 112 cm³/mol. The number of likely N-dealkylation sites (N-methyl/N-ethyl adjacent to an activating group) is 1. The largest absolute Gasteiger partial charge is 0.633 e. The molecule has 0 aliphatic carbocycles. The summed E-state index contributed by atoms with van der Waals surface area (Å²) >= 11 is 7.47. The van der Waals surface area contributed by atoms with E-state index in [2.05, 4.69) is 26.1 Å². The zero-order valence-electron chi connectivity index (χ0n) is 16.4. The standard InChI is InChI=1S/C18H26ClN5O2S/c1-18(2,3)16-20-14-10-12(19)13(11-15(14)22(16)4)21-17(25)27-23-6-8-24(5,26)9-7-23/h10-11H,6-9H2,1-5H3,(H,21,25). The summed E-state index contributed by atoms with van der Waals surface area (Å²) in [7, 11) is 3.63. The van der Waals surface area contributed by atoms with Gasteiger partial charge in [0.05, 0.1) is 55.0 Å². The van der Waals surface area contributed by atoms with Crippen LogP contribution >= 0.6 is 23.5 Å². The van der Waals surface area contributed by atoms with Gasteiger partial charge in [0.15, 0.2) is 0 Å². The number of aryl methyl sites for hydroxylation is 1. The Morgan fingerprint density at radius 1 is 1.33 bits per heavy atom. The maximum absolute atomic E-state index is 12.4. The van der Waals surface area contributed by atoms with Gasteiger partial charge in [0.1, 0.15) is 5.82 Å². The first-order valence-corrected chi connectivity index (χ1v) is 10.1. The number of hydrogen-bond acceptors (Lipinski definition) is 5. The fraction of sp³-hybridized carbons (Fsp3) is 0.556. The molecule has 1 aromatic carbocycles. The zero-order chi connectivity index (χ0) is 20.0. The first-order chi connectivity index (χ1) is 12.5. The Kier molecular flexibility index (Phi) is 5.48. The van der Waals surface area contributed by atoms with Crippen molar-refractivity contribution in [2.45, 2.75) is 26.2 Å². The van der Waals surface area contributed by atoms with Gasteiger partial charge in [0.25, 0.3) is 5.24 Å². The number of benzene rings is 1. The maximum atomic E-state index is 12.4. The number of imidazole rings is 1. The van der Waals surface area contributed by atoms with Gasteiger partial charge < -0.3 is 19.7 Å². The lowest BCUT2D eigenvalue weighted by molar-refractivity contribution is -0.864. The minimum atomic E-state index is -0.252. The average molecular weight is 412 g/mol. The molecule has 2 heterocycles. The number of hydrogen-bond donors (Lipinski definition) is 1. The maximum Gasteiger partial charge on any atom is 0.298 e. The van der Waals surface area contributed by atoms with Crippen LogP contribution in [0.25, 0.3) is 11.0 Å². The zero-order valence-corrected chi connectivity index (χ0v) is 17.9. The lowest BCUT2D eigenvalue weighted by Gasteiger charge is -2.44. The lowest BCUT2D eigenvalue weighted by atomic mass is 9.96. The molecule has 1 aliphatic heterocycles. The molecule has 1 aromatic heterocycles. The minimum Gasteiger partial charge on any atom is -0.633 e. The molecule has 0 atom stereocenters. The van der Waals surface area contributed by atoms with Gasteiger partial charge in [-0.1, -0.05) is 32.4 Å². The second-order valence-electron chi connectivity index (χ2n) is 8.24. The molecule has 9 heteroatoms. The van der Waals surface area contributed by atoms with Gasteiger partial charge in [-0.15, -0.1) is 0 Å². The molecule has 1 saturated heterocycles. The normalized spacial score (nSPS) is 18.0. The number of halogens is 1. The van der Waals surface area contributed by atoms with E-state index < -0.39 is 0 Å². The number of nitrogens with one attached hydrogen (secondary N) is 1. The Labute approximate surface area is 169 Å². The van der Waals surface area contributed by atoms with Crippen LogP contribution < -0.4 is 5.32 Å². The number of carbonyl (C=O) groups is 1. The number of rotatable bonds is 2. The van der Waals surface area contributed by atoms with E-state index in [-0.39, 0.29) is 15.3 Å². The van der Waals surface area contributed by atoms with Crippen molar-refractivity contribution in [2.24, 2.45) is 7.05 Å². The third kappa shape index (κ3) is 4.57. The van der Waals surface area contributed by atoms with Gasteiger partial charge in [-0.05, 0) is 12.1 Å². The van der Waals surface area contributed by atoms with E-state index in [4.69, 9.17) is 16.6 Å². The molecule has 1 aliphatic rings. The van der Waals surface area contributed by atoms with Crippen LogP contribution in [-0.4, -0.2) is 57.0 Å². The molecule has 1 amide bonds. The van der Waals surface area contributed by atoms with Crippen LogP contribution in [0.15, 0.2) is 12.1 Å². The molecule has 0 spiro atoms. The molecule has 1 fully saturated rings. The van der Waals surface area contributed by atoms with Crippen LogP contribution in [0.1, 0.15) is 26.6 Å². The van der Waals surface area contributed by atoms with Crippen molar-refractivity contribution in [2.75, 3.05) is 38.5 Å². The summed E-state index contributed by atoms with van der Waals surface area (Å²) in [6, 6.07) is 3.65. The summed E-state index contributed by atoms with van der Waals surface area (Å²) in [5.74, 6) is 0.957. The van der Waals surface area contributed by atoms with Crippen LogP contribution in [-0.2, 0) is 12.5 Å². The number of aromatic nitrogens is 2. The van der Waals surface area contributed by atoms with Crippen LogP contribution in [0.3, 0.4) is 0 Å². The third-order valence-corrected chi connectivity index (χ3v) is 5.94. The Morgan fingerprint density at radius 2 is 1.96 bits per heavy atom. The predicted octanol–water partition coefficient (Wildman–Crippen LogP) is 3.96. The highest BCUT2D eigenvalue weighted by Gasteiger charge is 2.25. The minimum absolute atomic E-state index is 0.0949. The summed E-state index contributed by atoms with van der Waals surface area (Å²) in [6.07, 6.45) is 0. The van der Waals surface area contributed by atoms with E-state index in [1.54, 1.807) is 13.1 Å². The number of anilines is 1. The molecule has 7 nitrogen and oxygen atoms in total. The number of piperazine rings is 1. The Hall–Kier alpha value is -1.32. The summed E-state index contributed by atoms with van der Waals surface area (Å²) in [4.78, 5) is 17.1. The van der Waals surface area contributed by atoms with Gasteiger partial charge in [0, 0.05) is 24.4 Å². The molecule has 2 aromatic rings. The van der Waals surface area contributed by atoms with Crippen molar-refractivity contribution in [3.8, 4) is 0 Å². The highest BCUT2D eigenvalue weighted by Crippen LogP contribution is 2.32. The molecular weight excluding hydrogens is 386 g/mol. The van der Waals surface area contributed by atoms with Gasteiger partial charge in [0.2, 0.25) is 0 Å². The topological polar surface area (TPSA) is 73.2 Å². The molecular formula is C18H26ClN5O2S. The fourth-order valence-corrected chi connectivity index (χ4v) is 4.13. The van der Waals surface area contributed by atoms with Gasteiger partial charge in [-0.25, -0.2) is 9.29 Å². The first kappa shape index (κ1) is 20.4. The van der Waals surface area contributed by atoms with Crippen molar-refractivity contribution in [1.29, 1.82) is 0 Å². The number of carbonyl (C=O) groups excluding carboxylic acids is 1. The summed E-state index contributed by atoms with van der Waals surface area (Å²) in [6.45, 7) is 8.47. The first-order valence-electron chi connectivity index (χ1n) is 8.92. The monoisotopic (exact) mass is 411 g/mol. The number of hydroxylamine groups is 3. The van der Waals surface area contributed by atoms with Crippen molar-refractivity contribution < 1.29 is 9.44 Å². The smallest absolute Gasteiger partial charge is 0.298 e. The molecule has 0 saturated carbocycles. The van der Waals surface area contributed by atoms with Crippen molar-refractivity contribution in [1.82, 2.24) is 13.9 Å². The molecule has 0 radical (unpaired) electrons. The second-order valence-corrected chi connectivity index (χ2v) is 9.72. The van der Waals surface area contributed by atoms with E-state index in [9.17, 15) is 10.0 Å². The summed E-state index contributed by atoms with van der Waals surface area (Å²) in [5.41, 5.74) is 2.19. The third-order valence-electron chi connectivity index (χ3n) is 4.73. The molecule has 1 N–H and O–H groups in total. The van der Waals surface area contributed by atoms with Crippen molar-refractivity contribution in [3.63, 3.8) is 0 Å². The van der Waals surface area contributed by atoms with E-state index in [1.165, 1.54) is 0 Å². The van der Waals surface area contributed by atoms with Crippen LogP contribution in [0.5, 0.6) is 0 Å². The summed E-state index contributed by atoms with van der Waals surface area (Å²) < 4.78 is 3.70. The lowest BCUT2D eigenvalue weighted by Crippen LogP contribution is -2.52.